The summed E-state index contributed by atoms with van der Waals surface area (Å²) in [5, 5.41) is 54.7. The van der Waals surface area contributed by atoms with Crippen LogP contribution in [-0.2, 0) is 49.0 Å². The van der Waals surface area contributed by atoms with Gasteiger partial charge in [-0.25, -0.2) is 0 Å². The molecule has 62 heavy (non-hydrogen) atoms. The molecule has 0 aliphatic carbocycles. The largest absolute Gasteiger partial charge is 0.497 e. The summed E-state index contributed by atoms with van der Waals surface area (Å²) in [6, 6.07) is 28.0. The standard InChI is InChI=1S/C46H52BrN3O11Si/c1-25-42(62(3,4)33-15-13-32(59-2)14-16-33)36(21-37(52)49-23-28-10-6-5-9-27(28)19-31(49)24-51)61-46(25)34-20-29(47)12-17-35(34)50(45(46)58)22-26-8-7-11-30(18-26)48-43(56)41-39(54)38(53)40(55)44(57)60-41/h5-18,20,25,31,36,38-42,44,51,53-55,57H,19,21-24H2,1-4H3,(H,48,56)/t25-,31+,36+,38+,39+,40-,41+,42-,44-,46+/m1/s1. The lowest BCUT2D eigenvalue weighted by Crippen LogP contribution is -2.60. The van der Waals surface area contributed by atoms with E-state index in [-0.39, 0.29) is 36.9 Å². The van der Waals surface area contributed by atoms with Gasteiger partial charge in [0.15, 0.2) is 18.0 Å². The van der Waals surface area contributed by atoms with E-state index in [1.807, 2.05) is 54.6 Å². The van der Waals surface area contributed by atoms with E-state index in [2.05, 4.69) is 53.4 Å². The van der Waals surface area contributed by atoms with E-state index in [0.29, 0.717) is 35.5 Å². The minimum atomic E-state index is -2.61. The van der Waals surface area contributed by atoms with Crippen LogP contribution in [0, 0.1) is 5.92 Å². The molecule has 1 spiro atoms. The number of aliphatic hydroxyl groups excluding tert-OH is 5. The Morgan fingerprint density at radius 1 is 0.935 bits per heavy atom. The predicted octanol–water partition coefficient (Wildman–Crippen LogP) is 3.29. The Bertz CT molecular complexity index is 2350. The lowest BCUT2D eigenvalue weighted by atomic mass is 9.82. The zero-order valence-corrected chi connectivity index (χ0v) is 37.4. The van der Waals surface area contributed by atoms with Crippen molar-refractivity contribution in [2.24, 2.45) is 5.92 Å². The van der Waals surface area contributed by atoms with Crippen molar-refractivity contribution in [2.45, 2.75) is 99.9 Å². The van der Waals surface area contributed by atoms with Gasteiger partial charge in [-0.15, -0.1) is 0 Å². The molecule has 2 saturated heterocycles. The molecule has 0 bridgehead atoms. The molecule has 0 aromatic heterocycles. The first-order valence-corrected chi connectivity index (χ1v) is 24.6. The molecule has 0 unspecified atom stereocenters. The molecule has 10 atom stereocenters. The van der Waals surface area contributed by atoms with Crippen LogP contribution in [0.15, 0.2) is 95.5 Å². The Morgan fingerprint density at radius 3 is 2.37 bits per heavy atom. The molecule has 4 aromatic rings. The molecule has 4 aliphatic rings. The summed E-state index contributed by atoms with van der Waals surface area (Å²) in [4.78, 5) is 46.7. The monoisotopic (exact) mass is 929 g/mol. The SMILES string of the molecule is COc1ccc([Si](C)(C)[C@H]2[C@H](CC(=O)N3Cc4ccccc4C[C@H]3CO)O[C@@]3(C(=O)N(Cc4cccc(NC(=O)[C@H]5O[C@@H](O)[C@H](O)[C@@H](O)[C@@H]5O)c4)c4ccc(Br)cc43)[C@@H]2C)cc1. The van der Waals surface area contributed by atoms with Crippen LogP contribution in [0.2, 0.25) is 18.6 Å². The van der Waals surface area contributed by atoms with E-state index < -0.39 is 68.4 Å². The first-order valence-electron chi connectivity index (χ1n) is 20.8. The van der Waals surface area contributed by atoms with Gasteiger partial charge in [-0.2, -0.15) is 0 Å². The van der Waals surface area contributed by atoms with E-state index in [9.17, 15) is 35.1 Å². The van der Waals surface area contributed by atoms with Crippen LogP contribution >= 0.6 is 15.9 Å². The normalized spacial score (nSPS) is 29.4. The number of nitrogens with zero attached hydrogens (tertiary/aromatic N) is 2. The highest BCUT2D eigenvalue weighted by atomic mass is 79.9. The number of halogens is 1. The lowest BCUT2D eigenvalue weighted by molar-refractivity contribution is -0.274. The van der Waals surface area contributed by atoms with Gasteiger partial charge in [0.2, 0.25) is 5.91 Å². The quantitative estimate of drug-likeness (QED) is 0.128. The third-order valence-electron chi connectivity index (χ3n) is 13.4. The van der Waals surface area contributed by atoms with Crippen molar-refractivity contribution < 1.29 is 54.1 Å². The molecule has 328 valence electrons. The highest BCUT2D eigenvalue weighted by molar-refractivity contribution is 9.10. The number of ether oxygens (including phenoxy) is 3. The number of amides is 3. The number of anilines is 2. The van der Waals surface area contributed by atoms with Crippen LogP contribution in [0.5, 0.6) is 5.75 Å². The van der Waals surface area contributed by atoms with Crippen LogP contribution in [0.25, 0.3) is 0 Å². The first-order chi connectivity index (χ1) is 29.6. The maximum Gasteiger partial charge on any atom is 0.264 e. The van der Waals surface area contributed by atoms with Crippen molar-refractivity contribution >= 4 is 58.3 Å². The summed E-state index contributed by atoms with van der Waals surface area (Å²) in [6.45, 7) is 6.82. The Kier molecular flexibility index (Phi) is 12.3. The number of carbonyl (C=O) groups excluding carboxylic acids is 3. The second-order valence-electron chi connectivity index (χ2n) is 17.4. The number of hydrogen-bond acceptors (Lipinski definition) is 11. The molecule has 4 aromatic carbocycles. The average molecular weight is 931 g/mol. The number of hydrogen-bond donors (Lipinski definition) is 6. The van der Waals surface area contributed by atoms with Crippen LogP contribution in [0.3, 0.4) is 0 Å². The number of fused-ring (bicyclic) bond motifs is 3. The van der Waals surface area contributed by atoms with Gasteiger partial charge in [0.25, 0.3) is 11.8 Å². The third-order valence-corrected chi connectivity index (χ3v) is 18.3. The van der Waals surface area contributed by atoms with Gasteiger partial charge >= 0.3 is 0 Å². The van der Waals surface area contributed by atoms with Crippen LogP contribution in [0.1, 0.15) is 35.6 Å². The first kappa shape index (κ1) is 44.1. The molecule has 4 aliphatic heterocycles. The van der Waals surface area contributed by atoms with Crippen LogP contribution in [-0.4, -0.2) is 113 Å². The van der Waals surface area contributed by atoms with Crippen molar-refractivity contribution in [3.8, 4) is 5.75 Å². The number of aliphatic hydroxyl groups is 5. The molecule has 3 amide bonds. The van der Waals surface area contributed by atoms with E-state index in [4.69, 9.17) is 14.2 Å². The molecule has 0 radical (unpaired) electrons. The van der Waals surface area contributed by atoms with E-state index >= 15 is 4.79 Å². The van der Waals surface area contributed by atoms with Crippen LogP contribution in [0.4, 0.5) is 11.4 Å². The zero-order valence-electron chi connectivity index (χ0n) is 34.8. The molecule has 6 N–H and O–H groups in total. The van der Waals surface area contributed by atoms with Crippen molar-refractivity contribution in [3.63, 3.8) is 0 Å². The van der Waals surface area contributed by atoms with Crippen molar-refractivity contribution in [2.75, 3.05) is 23.9 Å². The highest BCUT2D eigenvalue weighted by Crippen LogP contribution is 2.60. The average Bonchev–Trinajstić information content (AvgIpc) is 3.68. The van der Waals surface area contributed by atoms with Gasteiger partial charge in [-0.3, -0.25) is 14.4 Å². The van der Waals surface area contributed by atoms with Gasteiger partial charge in [-0.05, 0) is 71.1 Å². The number of carbonyl (C=O) groups is 3. The lowest BCUT2D eigenvalue weighted by Gasteiger charge is -2.39. The van der Waals surface area contributed by atoms with Crippen molar-refractivity contribution in [1.82, 2.24) is 4.90 Å². The molecule has 2 fully saturated rings. The Labute approximate surface area is 369 Å². The summed E-state index contributed by atoms with van der Waals surface area (Å²) in [5.74, 6) is -0.971. The summed E-state index contributed by atoms with van der Waals surface area (Å²) < 4.78 is 18.6. The summed E-state index contributed by atoms with van der Waals surface area (Å²) in [6.07, 6.45) is -9.07. The summed E-state index contributed by atoms with van der Waals surface area (Å²) >= 11 is 3.66. The fourth-order valence-corrected chi connectivity index (χ4v) is 14.6. The number of benzene rings is 4. The van der Waals surface area contributed by atoms with E-state index in [1.54, 1.807) is 41.2 Å². The van der Waals surface area contributed by atoms with Gasteiger partial charge in [0.05, 0.1) is 52.6 Å². The smallest absolute Gasteiger partial charge is 0.264 e. The molecular formula is C46H52BrN3O11Si. The fraction of sp³-hybridized carbons (Fsp3) is 0.413. The zero-order chi connectivity index (χ0) is 44.2. The Morgan fingerprint density at radius 2 is 1.66 bits per heavy atom. The molecule has 0 saturated carbocycles. The van der Waals surface area contributed by atoms with Crippen molar-refractivity contribution in [1.29, 1.82) is 0 Å². The maximum atomic E-state index is 15.4. The second-order valence-corrected chi connectivity index (χ2v) is 23.0. The van der Waals surface area contributed by atoms with Gasteiger partial charge in [0, 0.05) is 28.2 Å². The molecule has 16 heteroatoms. The minimum Gasteiger partial charge on any atom is -0.497 e. The Balaban J connectivity index is 1.12. The molecular weight excluding hydrogens is 879 g/mol. The predicted molar refractivity (Wildman–Crippen MR) is 235 cm³/mol. The number of nitrogens with one attached hydrogen (secondary N) is 1. The Hall–Kier alpha value is -4.49. The molecule has 8 rings (SSSR count). The van der Waals surface area contributed by atoms with E-state index in [0.717, 1.165) is 26.5 Å². The third kappa shape index (κ3) is 7.68. The van der Waals surface area contributed by atoms with Gasteiger partial charge in [-0.1, -0.05) is 89.7 Å². The van der Waals surface area contributed by atoms with Gasteiger partial charge < -0.3 is 54.9 Å². The minimum absolute atomic E-state index is 0.00674. The molecule has 14 nitrogen and oxygen atoms in total. The number of rotatable bonds is 10. The summed E-state index contributed by atoms with van der Waals surface area (Å²) in [5.41, 5.74) is 2.71. The number of methoxy groups -OCH3 is 1. The fourth-order valence-electron chi connectivity index (χ4n) is 10.2. The van der Waals surface area contributed by atoms with Crippen molar-refractivity contribution in [3.05, 3.63) is 118 Å². The van der Waals surface area contributed by atoms with Gasteiger partial charge in [0.1, 0.15) is 24.1 Å². The topological polar surface area (TPSA) is 199 Å². The second kappa shape index (κ2) is 17.2. The highest BCUT2D eigenvalue weighted by Gasteiger charge is 2.66. The summed E-state index contributed by atoms with van der Waals surface area (Å²) in [7, 11) is -0.992. The van der Waals surface area contributed by atoms with Crippen LogP contribution < -0.4 is 20.1 Å². The molecule has 4 heterocycles. The van der Waals surface area contributed by atoms with E-state index in [1.165, 1.54) is 0 Å². The maximum absolute atomic E-state index is 15.4.